The molecule has 0 unspecified atom stereocenters. The average Bonchev–Trinajstić information content (AvgIpc) is 2.93. The van der Waals surface area contributed by atoms with Crippen LogP contribution in [0.15, 0.2) is 23.6 Å². The average molecular weight is 293 g/mol. The third-order valence-electron chi connectivity index (χ3n) is 3.33. The van der Waals surface area contributed by atoms with Crippen molar-refractivity contribution in [1.82, 2.24) is 4.90 Å². The molecule has 1 aliphatic heterocycles. The van der Waals surface area contributed by atoms with E-state index in [1.54, 1.807) is 4.90 Å². The number of fused-ring (bicyclic) bond motifs is 1. The number of thiophene rings is 1. The van der Waals surface area contributed by atoms with E-state index in [4.69, 9.17) is 17.3 Å². The molecule has 3 rings (SSSR count). The Labute approximate surface area is 120 Å². The third-order valence-corrected chi connectivity index (χ3v) is 5.02. The molecule has 0 saturated heterocycles. The van der Waals surface area contributed by atoms with E-state index in [-0.39, 0.29) is 5.91 Å². The number of halogens is 1. The summed E-state index contributed by atoms with van der Waals surface area (Å²) >= 11 is 7.57. The Morgan fingerprint density at radius 1 is 1.37 bits per heavy atom. The molecule has 0 saturated carbocycles. The van der Waals surface area contributed by atoms with Gasteiger partial charge in [0, 0.05) is 18.8 Å². The van der Waals surface area contributed by atoms with Crippen LogP contribution in [0.5, 0.6) is 0 Å². The highest BCUT2D eigenvalue weighted by Crippen LogP contribution is 2.32. The van der Waals surface area contributed by atoms with Gasteiger partial charge in [0.15, 0.2) is 0 Å². The number of anilines is 1. The highest BCUT2D eigenvalue weighted by atomic mass is 35.5. The van der Waals surface area contributed by atoms with Gasteiger partial charge in [0.2, 0.25) is 0 Å². The molecule has 2 N–H and O–H groups in total. The van der Waals surface area contributed by atoms with Crippen molar-refractivity contribution in [3.63, 3.8) is 0 Å². The van der Waals surface area contributed by atoms with Crippen molar-refractivity contribution in [3.05, 3.63) is 50.2 Å². The van der Waals surface area contributed by atoms with Crippen LogP contribution in [0.2, 0.25) is 5.02 Å². The van der Waals surface area contributed by atoms with Gasteiger partial charge in [-0.3, -0.25) is 4.79 Å². The van der Waals surface area contributed by atoms with Gasteiger partial charge in [0.05, 0.1) is 5.02 Å². The maximum absolute atomic E-state index is 12.5. The molecule has 2 aromatic rings. The zero-order valence-corrected chi connectivity index (χ0v) is 12.0. The Kier molecular flexibility index (Phi) is 2.99. The minimum Gasteiger partial charge on any atom is -0.399 e. The molecular weight excluding hydrogens is 280 g/mol. The predicted molar refractivity (Wildman–Crippen MR) is 78.5 cm³/mol. The number of nitrogens with two attached hydrogens (primary N) is 1. The Balaban J connectivity index is 1.87. The fraction of sp³-hybridized carbons (Fsp3) is 0.214. The molecule has 1 amide bonds. The maximum atomic E-state index is 12.5. The Bertz CT molecular complexity index is 665. The number of carbonyl (C=O) groups excluding carboxylic acids is 1. The standard InChI is InChI=1S/C14H13ClN2OS/c1-8-7-19-13(12(8)15)14(18)17-5-9-2-3-11(16)4-10(9)6-17/h2-4,7H,5-6,16H2,1H3. The SMILES string of the molecule is Cc1csc(C(=O)N2Cc3ccc(N)cc3C2)c1Cl. The van der Waals surface area contributed by atoms with Gasteiger partial charge in [-0.15, -0.1) is 11.3 Å². The molecule has 0 radical (unpaired) electrons. The van der Waals surface area contributed by atoms with Crippen LogP contribution in [0.4, 0.5) is 5.69 Å². The first kappa shape index (κ1) is 12.5. The summed E-state index contributed by atoms with van der Waals surface area (Å²) in [5.41, 5.74) is 9.74. The third kappa shape index (κ3) is 2.11. The second kappa shape index (κ2) is 4.54. The predicted octanol–water partition coefficient (Wildman–Crippen LogP) is 3.45. The molecule has 1 aromatic heterocycles. The minimum absolute atomic E-state index is 0.00197. The summed E-state index contributed by atoms with van der Waals surface area (Å²) in [4.78, 5) is 14.9. The highest BCUT2D eigenvalue weighted by Gasteiger charge is 2.27. The topological polar surface area (TPSA) is 46.3 Å². The van der Waals surface area contributed by atoms with Gasteiger partial charge in [-0.1, -0.05) is 17.7 Å². The fourth-order valence-corrected chi connectivity index (χ4v) is 3.52. The minimum atomic E-state index is -0.00197. The lowest BCUT2D eigenvalue weighted by Gasteiger charge is -2.14. The Morgan fingerprint density at radius 3 is 2.79 bits per heavy atom. The van der Waals surface area contributed by atoms with E-state index in [0.29, 0.717) is 23.0 Å². The van der Waals surface area contributed by atoms with Crippen molar-refractivity contribution >= 4 is 34.5 Å². The van der Waals surface area contributed by atoms with Crippen LogP contribution in [0.3, 0.4) is 0 Å². The van der Waals surface area contributed by atoms with Gasteiger partial charge in [-0.2, -0.15) is 0 Å². The number of hydrogen-bond donors (Lipinski definition) is 1. The van der Waals surface area contributed by atoms with E-state index >= 15 is 0 Å². The number of nitrogens with zero attached hydrogens (tertiary/aromatic N) is 1. The van der Waals surface area contributed by atoms with Crippen molar-refractivity contribution in [2.24, 2.45) is 0 Å². The van der Waals surface area contributed by atoms with Crippen LogP contribution >= 0.6 is 22.9 Å². The van der Waals surface area contributed by atoms with Crippen LogP contribution in [0.25, 0.3) is 0 Å². The summed E-state index contributed by atoms with van der Waals surface area (Å²) in [5.74, 6) is -0.00197. The van der Waals surface area contributed by atoms with E-state index in [0.717, 1.165) is 22.4 Å². The molecular formula is C14H13ClN2OS. The number of carbonyl (C=O) groups is 1. The molecule has 1 aromatic carbocycles. The Morgan fingerprint density at radius 2 is 2.11 bits per heavy atom. The zero-order chi connectivity index (χ0) is 13.6. The highest BCUT2D eigenvalue weighted by molar-refractivity contribution is 7.13. The van der Waals surface area contributed by atoms with Crippen LogP contribution in [-0.4, -0.2) is 10.8 Å². The second-order valence-electron chi connectivity index (χ2n) is 4.75. The van der Waals surface area contributed by atoms with Gasteiger partial charge in [-0.25, -0.2) is 0 Å². The molecule has 3 nitrogen and oxygen atoms in total. The first-order chi connectivity index (χ1) is 9.06. The van der Waals surface area contributed by atoms with E-state index in [1.807, 2.05) is 30.5 Å². The monoisotopic (exact) mass is 292 g/mol. The lowest BCUT2D eigenvalue weighted by molar-refractivity contribution is 0.0756. The summed E-state index contributed by atoms with van der Waals surface area (Å²) in [6, 6.07) is 5.79. The second-order valence-corrected chi connectivity index (χ2v) is 6.01. The summed E-state index contributed by atoms with van der Waals surface area (Å²) in [5, 5.41) is 2.49. The fourth-order valence-electron chi connectivity index (χ4n) is 2.28. The van der Waals surface area contributed by atoms with Crippen molar-refractivity contribution in [3.8, 4) is 0 Å². The Hall–Kier alpha value is -1.52. The molecule has 0 bridgehead atoms. The first-order valence-electron chi connectivity index (χ1n) is 5.96. The first-order valence-corrected chi connectivity index (χ1v) is 7.22. The lowest BCUT2D eigenvalue weighted by Crippen LogP contribution is -2.24. The smallest absolute Gasteiger partial charge is 0.266 e. The molecule has 0 spiro atoms. The van der Waals surface area contributed by atoms with Crippen LogP contribution < -0.4 is 5.73 Å². The van der Waals surface area contributed by atoms with Crippen molar-refractivity contribution in [1.29, 1.82) is 0 Å². The van der Waals surface area contributed by atoms with Crippen LogP contribution in [0.1, 0.15) is 26.4 Å². The van der Waals surface area contributed by atoms with Gasteiger partial charge >= 0.3 is 0 Å². The van der Waals surface area contributed by atoms with Crippen molar-refractivity contribution < 1.29 is 4.79 Å². The zero-order valence-electron chi connectivity index (χ0n) is 10.4. The largest absolute Gasteiger partial charge is 0.399 e. The van der Waals surface area contributed by atoms with E-state index in [9.17, 15) is 4.79 Å². The number of hydrogen-bond acceptors (Lipinski definition) is 3. The number of rotatable bonds is 1. The van der Waals surface area contributed by atoms with Gasteiger partial charge in [-0.05, 0) is 41.1 Å². The summed E-state index contributed by atoms with van der Waals surface area (Å²) < 4.78 is 0. The van der Waals surface area contributed by atoms with Crippen LogP contribution in [0, 0.1) is 6.92 Å². The molecule has 5 heteroatoms. The molecule has 98 valence electrons. The number of benzene rings is 1. The van der Waals surface area contributed by atoms with Crippen LogP contribution in [-0.2, 0) is 13.1 Å². The summed E-state index contributed by atoms with van der Waals surface area (Å²) in [7, 11) is 0. The van der Waals surface area contributed by atoms with E-state index in [2.05, 4.69) is 0 Å². The van der Waals surface area contributed by atoms with Gasteiger partial charge in [0.1, 0.15) is 4.88 Å². The molecule has 19 heavy (non-hydrogen) atoms. The molecule has 0 fully saturated rings. The number of nitrogen functional groups attached to an aromatic ring is 1. The van der Waals surface area contributed by atoms with Crippen molar-refractivity contribution in [2.75, 3.05) is 5.73 Å². The van der Waals surface area contributed by atoms with Crippen molar-refractivity contribution in [2.45, 2.75) is 20.0 Å². The molecule has 2 heterocycles. The van der Waals surface area contributed by atoms with Gasteiger partial charge < -0.3 is 10.6 Å². The quantitative estimate of drug-likeness (QED) is 0.818. The summed E-state index contributed by atoms with van der Waals surface area (Å²) in [6.45, 7) is 3.14. The number of aryl methyl sites for hydroxylation is 1. The lowest BCUT2D eigenvalue weighted by atomic mass is 10.1. The molecule has 0 atom stereocenters. The maximum Gasteiger partial charge on any atom is 0.266 e. The molecule has 0 aliphatic carbocycles. The van der Waals surface area contributed by atoms with E-state index in [1.165, 1.54) is 11.3 Å². The van der Waals surface area contributed by atoms with E-state index < -0.39 is 0 Å². The summed E-state index contributed by atoms with van der Waals surface area (Å²) in [6.07, 6.45) is 0. The molecule has 1 aliphatic rings. The normalized spacial score (nSPS) is 13.7. The van der Waals surface area contributed by atoms with Gasteiger partial charge in [0.25, 0.3) is 5.91 Å². The number of amides is 1.